The zero-order chi connectivity index (χ0) is 19.1. The first-order valence-electron chi connectivity index (χ1n) is 9.29. The van der Waals surface area contributed by atoms with E-state index in [2.05, 4.69) is 5.32 Å². The summed E-state index contributed by atoms with van der Waals surface area (Å²) in [6.07, 6.45) is 3.70. The number of halogens is 2. The Kier molecular flexibility index (Phi) is 5.03. The SMILES string of the molecule is O=C(Nc1cc(Cl)cc(Cl)c1)[C@H]1CCCN1C(=O)[C@H]1CC(=O)N(C2CC2)C1. The van der Waals surface area contributed by atoms with Crippen LogP contribution in [0.4, 0.5) is 5.69 Å². The van der Waals surface area contributed by atoms with Gasteiger partial charge in [0.25, 0.3) is 0 Å². The molecule has 3 fully saturated rings. The Morgan fingerprint density at radius 3 is 2.44 bits per heavy atom. The molecule has 0 unspecified atom stereocenters. The summed E-state index contributed by atoms with van der Waals surface area (Å²) >= 11 is 12.0. The first-order valence-corrected chi connectivity index (χ1v) is 10.0. The van der Waals surface area contributed by atoms with E-state index in [9.17, 15) is 14.4 Å². The lowest BCUT2D eigenvalue weighted by Gasteiger charge is -2.26. The number of benzene rings is 1. The van der Waals surface area contributed by atoms with Gasteiger partial charge >= 0.3 is 0 Å². The number of nitrogens with one attached hydrogen (secondary N) is 1. The van der Waals surface area contributed by atoms with E-state index in [-0.39, 0.29) is 30.1 Å². The number of likely N-dealkylation sites (tertiary alicyclic amines) is 2. The van der Waals surface area contributed by atoms with E-state index in [4.69, 9.17) is 23.2 Å². The molecule has 8 heteroatoms. The molecular weight excluding hydrogens is 389 g/mol. The summed E-state index contributed by atoms with van der Waals surface area (Å²) in [5.41, 5.74) is 0.507. The summed E-state index contributed by atoms with van der Waals surface area (Å²) in [5.74, 6) is -0.618. The number of hydrogen-bond donors (Lipinski definition) is 1. The van der Waals surface area contributed by atoms with Crippen LogP contribution in [0.5, 0.6) is 0 Å². The maximum Gasteiger partial charge on any atom is 0.247 e. The Morgan fingerprint density at radius 2 is 1.78 bits per heavy atom. The molecule has 0 bridgehead atoms. The zero-order valence-electron chi connectivity index (χ0n) is 14.8. The summed E-state index contributed by atoms with van der Waals surface area (Å²) < 4.78 is 0. The van der Waals surface area contributed by atoms with Gasteiger partial charge in [-0.05, 0) is 43.9 Å². The van der Waals surface area contributed by atoms with Crippen molar-refractivity contribution in [3.63, 3.8) is 0 Å². The van der Waals surface area contributed by atoms with Gasteiger partial charge in [0.05, 0.1) is 5.92 Å². The van der Waals surface area contributed by atoms with Gasteiger partial charge in [0, 0.05) is 41.3 Å². The number of rotatable bonds is 4. The van der Waals surface area contributed by atoms with Crippen LogP contribution in [-0.4, -0.2) is 52.7 Å². The minimum absolute atomic E-state index is 0.0598. The normalized spacial score (nSPS) is 25.2. The molecule has 0 spiro atoms. The Morgan fingerprint density at radius 1 is 1.07 bits per heavy atom. The lowest BCUT2D eigenvalue weighted by atomic mass is 10.1. The average Bonchev–Trinajstić information content (AvgIpc) is 3.18. The molecule has 1 aromatic carbocycles. The van der Waals surface area contributed by atoms with E-state index >= 15 is 0 Å². The van der Waals surface area contributed by atoms with Gasteiger partial charge in [-0.1, -0.05) is 23.2 Å². The first kappa shape index (κ1) is 18.6. The van der Waals surface area contributed by atoms with Crippen molar-refractivity contribution in [3.8, 4) is 0 Å². The predicted octanol–water partition coefficient (Wildman–Crippen LogP) is 2.93. The van der Waals surface area contributed by atoms with Crippen molar-refractivity contribution in [2.75, 3.05) is 18.4 Å². The molecule has 144 valence electrons. The van der Waals surface area contributed by atoms with Crippen LogP contribution in [0, 0.1) is 5.92 Å². The molecule has 3 aliphatic rings. The molecule has 3 amide bonds. The fraction of sp³-hybridized carbons (Fsp3) is 0.526. The molecule has 2 atom stereocenters. The van der Waals surface area contributed by atoms with Gasteiger partial charge in [0.15, 0.2) is 0 Å². The van der Waals surface area contributed by atoms with E-state index in [0.29, 0.717) is 41.3 Å². The highest BCUT2D eigenvalue weighted by atomic mass is 35.5. The molecule has 0 aromatic heterocycles. The van der Waals surface area contributed by atoms with E-state index in [1.165, 1.54) is 0 Å². The molecule has 27 heavy (non-hydrogen) atoms. The predicted molar refractivity (Wildman–Crippen MR) is 103 cm³/mol. The number of carbonyl (C=O) groups is 3. The number of carbonyl (C=O) groups excluding carboxylic acids is 3. The maximum absolute atomic E-state index is 13.0. The van der Waals surface area contributed by atoms with Crippen molar-refractivity contribution in [1.82, 2.24) is 9.80 Å². The molecule has 4 rings (SSSR count). The van der Waals surface area contributed by atoms with Crippen LogP contribution < -0.4 is 5.32 Å². The van der Waals surface area contributed by atoms with Gasteiger partial charge in [-0.3, -0.25) is 14.4 Å². The highest BCUT2D eigenvalue weighted by Crippen LogP contribution is 2.34. The molecule has 2 aliphatic heterocycles. The fourth-order valence-electron chi connectivity index (χ4n) is 4.03. The van der Waals surface area contributed by atoms with Crippen LogP contribution in [0.3, 0.4) is 0 Å². The van der Waals surface area contributed by atoms with Gasteiger partial charge < -0.3 is 15.1 Å². The van der Waals surface area contributed by atoms with Gasteiger partial charge in [0.2, 0.25) is 17.7 Å². The van der Waals surface area contributed by atoms with E-state index in [1.54, 1.807) is 23.1 Å². The third-order valence-electron chi connectivity index (χ3n) is 5.46. The first-order chi connectivity index (χ1) is 12.9. The third-order valence-corrected chi connectivity index (χ3v) is 5.90. The summed E-state index contributed by atoms with van der Waals surface area (Å²) in [4.78, 5) is 41.4. The van der Waals surface area contributed by atoms with Crippen molar-refractivity contribution in [2.24, 2.45) is 5.92 Å². The zero-order valence-corrected chi connectivity index (χ0v) is 16.3. The Balaban J connectivity index is 1.43. The second-order valence-electron chi connectivity index (χ2n) is 7.52. The van der Waals surface area contributed by atoms with E-state index in [0.717, 1.165) is 19.3 Å². The number of nitrogens with zero attached hydrogens (tertiary/aromatic N) is 2. The average molecular weight is 410 g/mol. The van der Waals surface area contributed by atoms with Crippen molar-refractivity contribution in [2.45, 2.75) is 44.2 Å². The van der Waals surface area contributed by atoms with Gasteiger partial charge in [-0.25, -0.2) is 0 Å². The van der Waals surface area contributed by atoms with Crippen LogP contribution in [0.15, 0.2) is 18.2 Å². The molecule has 1 aliphatic carbocycles. The monoisotopic (exact) mass is 409 g/mol. The smallest absolute Gasteiger partial charge is 0.247 e. The summed E-state index contributed by atoms with van der Waals surface area (Å²) in [5, 5.41) is 3.67. The van der Waals surface area contributed by atoms with Crippen molar-refractivity contribution >= 4 is 46.6 Å². The van der Waals surface area contributed by atoms with Crippen LogP contribution >= 0.6 is 23.2 Å². The largest absolute Gasteiger partial charge is 0.339 e. The minimum atomic E-state index is -0.527. The maximum atomic E-state index is 13.0. The molecule has 2 heterocycles. The Labute approximate surface area is 167 Å². The van der Waals surface area contributed by atoms with Crippen molar-refractivity contribution < 1.29 is 14.4 Å². The lowest BCUT2D eigenvalue weighted by Crippen LogP contribution is -2.46. The topological polar surface area (TPSA) is 69.7 Å². The molecule has 2 saturated heterocycles. The van der Waals surface area contributed by atoms with Crippen molar-refractivity contribution in [3.05, 3.63) is 28.2 Å². The second-order valence-corrected chi connectivity index (χ2v) is 8.39. The van der Waals surface area contributed by atoms with Crippen LogP contribution in [0.1, 0.15) is 32.1 Å². The standard InChI is InChI=1S/C19H21Cl2N3O3/c20-12-7-13(21)9-14(8-12)22-18(26)16-2-1-5-23(16)19(27)11-6-17(25)24(10-11)15-3-4-15/h7-9,11,15-16H,1-6,10H2,(H,22,26)/t11-,16+/m0/s1. The molecule has 1 saturated carbocycles. The summed E-state index contributed by atoms with van der Waals surface area (Å²) in [6.45, 7) is 1.03. The summed E-state index contributed by atoms with van der Waals surface area (Å²) in [6, 6.07) is 4.62. The fourth-order valence-corrected chi connectivity index (χ4v) is 4.55. The lowest BCUT2D eigenvalue weighted by molar-refractivity contribution is -0.140. The van der Waals surface area contributed by atoms with E-state index in [1.807, 2.05) is 4.90 Å². The Hall–Kier alpha value is -1.79. The Bertz CT molecular complexity index is 776. The number of hydrogen-bond acceptors (Lipinski definition) is 3. The highest BCUT2D eigenvalue weighted by Gasteiger charge is 2.45. The van der Waals surface area contributed by atoms with Gasteiger partial charge in [-0.15, -0.1) is 0 Å². The van der Waals surface area contributed by atoms with Crippen molar-refractivity contribution in [1.29, 1.82) is 0 Å². The van der Waals surface area contributed by atoms with Gasteiger partial charge in [0.1, 0.15) is 6.04 Å². The highest BCUT2D eigenvalue weighted by molar-refractivity contribution is 6.35. The number of anilines is 1. The second kappa shape index (κ2) is 7.32. The van der Waals surface area contributed by atoms with Crippen LogP contribution in [-0.2, 0) is 14.4 Å². The van der Waals surface area contributed by atoms with Crippen LogP contribution in [0.2, 0.25) is 10.0 Å². The third kappa shape index (κ3) is 3.92. The molecule has 0 radical (unpaired) electrons. The molecule has 1 N–H and O–H groups in total. The number of amides is 3. The quantitative estimate of drug-likeness (QED) is 0.830. The van der Waals surface area contributed by atoms with E-state index < -0.39 is 6.04 Å². The summed E-state index contributed by atoms with van der Waals surface area (Å²) in [7, 11) is 0. The van der Waals surface area contributed by atoms with Crippen LogP contribution in [0.25, 0.3) is 0 Å². The molecule has 1 aromatic rings. The molecule has 6 nitrogen and oxygen atoms in total. The minimum Gasteiger partial charge on any atom is -0.339 e. The molecular formula is C19H21Cl2N3O3. The van der Waals surface area contributed by atoms with Gasteiger partial charge in [-0.2, -0.15) is 0 Å².